The maximum atomic E-state index is 12.9. The van der Waals surface area contributed by atoms with Gasteiger partial charge in [0.05, 0.1) is 6.42 Å². The van der Waals surface area contributed by atoms with Crippen molar-refractivity contribution in [2.45, 2.75) is 37.5 Å². The van der Waals surface area contributed by atoms with Crippen LogP contribution in [0.4, 0.5) is 13.2 Å². The zero-order chi connectivity index (χ0) is 26.0. The summed E-state index contributed by atoms with van der Waals surface area (Å²) in [6.45, 7) is 0.868. The number of fused-ring (bicyclic) bond motifs is 1. The molecule has 4 rings (SSSR count). The lowest BCUT2D eigenvalue weighted by Gasteiger charge is -2.49. The third-order valence-electron chi connectivity index (χ3n) is 5.36. The zero-order valence-corrected chi connectivity index (χ0v) is 19.5. The molecular weight excluding hydrogens is 505 g/mol. The highest BCUT2D eigenvalue weighted by Gasteiger charge is 2.54. The molecule has 3 heterocycles. The summed E-state index contributed by atoms with van der Waals surface area (Å²) < 4.78 is 52.9. The molecule has 2 amide bonds. The number of carbonyl (C=O) groups excluding carboxylic acids is 3. The van der Waals surface area contributed by atoms with Crippen molar-refractivity contribution in [3.05, 3.63) is 81.5 Å². The molecule has 0 saturated carbocycles. The Morgan fingerprint density at radius 3 is 2.58 bits per heavy atom. The molecule has 0 radical (unpaired) electrons. The van der Waals surface area contributed by atoms with Crippen LogP contribution in [-0.4, -0.2) is 46.0 Å². The Balaban J connectivity index is 1.52. The lowest BCUT2D eigenvalue weighted by molar-refractivity contribution is -0.153. The molecular formula is C23H19F3N2O7S. The Morgan fingerprint density at radius 2 is 1.94 bits per heavy atom. The van der Waals surface area contributed by atoms with E-state index in [1.807, 2.05) is 0 Å². The van der Waals surface area contributed by atoms with Gasteiger partial charge in [0.1, 0.15) is 17.1 Å². The molecule has 1 aromatic carbocycles. The maximum Gasteiger partial charge on any atom is 0.519 e. The fraction of sp³-hybridized carbons (Fsp3) is 0.304. The topological polar surface area (TPSA) is 119 Å². The van der Waals surface area contributed by atoms with Crippen LogP contribution in [0, 0.1) is 6.92 Å². The summed E-state index contributed by atoms with van der Waals surface area (Å²) in [7, 11) is 0. The van der Waals surface area contributed by atoms with Crippen LogP contribution < -0.4 is 11.1 Å². The van der Waals surface area contributed by atoms with Crippen LogP contribution in [0.5, 0.6) is 0 Å². The maximum absolute atomic E-state index is 12.9. The summed E-state index contributed by atoms with van der Waals surface area (Å²) >= 11 is 1.10. The van der Waals surface area contributed by atoms with Crippen molar-refractivity contribution in [2.75, 3.05) is 5.75 Å². The number of carbonyl (C=O) groups is 3. The van der Waals surface area contributed by atoms with E-state index in [0.29, 0.717) is 6.08 Å². The number of aryl methyl sites for hydroxylation is 1. The van der Waals surface area contributed by atoms with Gasteiger partial charge in [-0.3, -0.25) is 14.5 Å². The number of alkyl halides is 3. The number of β-lactam (4-membered cyclic amide) rings is 1. The van der Waals surface area contributed by atoms with Gasteiger partial charge in [0, 0.05) is 11.8 Å². The Labute approximate surface area is 205 Å². The van der Waals surface area contributed by atoms with E-state index in [0.717, 1.165) is 22.2 Å². The van der Waals surface area contributed by atoms with Crippen LogP contribution in [0.3, 0.4) is 0 Å². The number of nitrogens with zero attached hydrogens (tertiary/aromatic N) is 1. The van der Waals surface area contributed by atoms with Gasteiger partial charge in [-0.05, 0) is 18.1 Å². The number of hydrogen-bond acceptors (Lipinski definition) is 8. The normalized spacial score (nSPS) is 19.8. The molecule has 190 valence electrons. The minimum atomic E-state index is -4.65. The first kappa shape index (κ1) is 25.4. The molecule has 1 fully saturated rings. The number of nitrogens with one attached hydrogen (secondary N) is 1. The van der Waals surface area contributed by atoms with Crippen LogP contribution in [0.25, 0.3) is 0 Å². The lowest BCUT2D eigenvalue weighted by Crippen LogP contribution is -2.70. The number of allylic oxidation sites excluding steroid dienone is 2. The molecule has 1 unspecified atom stereocenters. The molecule has 2 aromatic rings. The minimum Gasteiger partial charge on any atom is -0.453 e. The van der Waals surface area contributed by atoms with Crippen LogP contribution >= 0.6 is 11.8 Å². The second-order valence-corrected chi connectivity index (χ2v) is 8.98. The molecule has 9 nitrogen and oxygen atoms in total. The third kappa shape index (κ3) is 5.56. The van der Waals surface area contributed by atoms with Crippen molar-refractivity contribution in [1.82, 2.24) is 10.2 Å². The summed E-state index contributed by atoms with van der Waals surface area (Å²) in [6.07, 6.45) is -3.95. The Kier molecular flexibility index (Phi) is 7.11. The molecule has 1 N–H and O–H groups in total. The van der Waals surface area contributed by atoms with Gasteiger partial charge >= 0.3 is 18.0 Å². The van der Waals surface area contributed by atoms with Crippen molar-refractivity contribution in [3.63, 3.8) is 0 Å². The summed E-state index contributed by atoms with van der Waals surface area (Å²) in [5.74, 6) is -3.23. The van der Waals surface area contributed by atoms with Crippen molar-refractivity contribution >= 4 is 29.5 Å². The van der Waals surface area contributed by atoms with Crippen LogP contribution in [0.2, 0.25) is 0 Å². The summed E-state index contributed by atoms with van der Waals surface area (Å²) in [5, 5.41) is 1.91. The van der Waals surface area contributed by atoms with Gasteiger partial charge in [0.2, 0.25) is 5.91 Å². The van der Waals surface area contributed by atoms with E-state index in [9.17, 15) is 32.3 Å². The van der Waals surface area contributed by atoms with Crippen molar-refractivity contribution < 1.29 is 41.1 Å². The molecule has 0 aliphatic carbocycles. The third-order valence-corrected chi connectivity index (χ3v) is 6.66. The molecule has 0 spiro atoms. The zero-order valence-electron chi connectivity index (χ0n) is 18.7. The fourth-order valence-electron chi connectivity index (χ4n) is 3.67. The number of hydrogen-bond donors (Lipinski definition) is 1. The molecule has 2 atom stereocenters. The highest BCUT2D eigenvalue weighted by molar-refractivity contribution is 8.00. The number of halogens is 3. The van der Waals surface area contributed by atoms with E-state index in [4.69, 9.17) is 9.15 Å². The standard InChI is InChI=1S/C23H19F3N2O7S/c1-12-15(35-22(32)34-12)10-33-21(31)18-14(7-8-23(24,25)26)11-36-20-17(19(30)28(18)20)27-16(29)9-13-5-3-2-4-6-13/h2-8,17,20H,9-11H2,1H3,(H,27,29)/t17?,20-/m0/s1. The lowest BCUT2D eigenvalue weighted by atomic mass is 10.0. The first-order chi connectivity index (χ1) is 17.0. The summed E-state index contributed by atoms with van der Waals surface area (Å²) in [6, 6.07) is 7.88. The molecule has 1 saturated heterocycles. The smallest absolute Gasteiger partial charge is 0.453 e. The number of amides is 2. The molecule has 2 aliphatic rings. The average molecular weight is 524 g/mol. The van der Waals surface area contributed by atoms with E-state index in [1.54, 1.807) is 30.3 Å². The van der Waals surface area contributed by atoms with Gasteiger partial charge < -0.3 is 18.9 Å². The van der Waals surface area contributed by atoms with Gasteiger partial charge in [-0.1, -0.05) is 36.4 Å². The first-order valence-corrected chi connectivity index (χ1v) is 11.6. The van der Waals surface area contributed by atoms with E-state index < -0.39 is 47.8 Å². The quantitative estimate of drug-likeness (QED) is 0.434. The van der Waals surface area contributed by atoms with Gasteiger partial charge in [0.15, 0.2) is 18.1 Å². The van der Waals surface area contributed by atoms with Crippen molar-refractivity contribution in [3.8, 4) is 0 Å². The first-order valence-electron chi connectivity index (χ1n) is 10.6. The second kappa shape index (κ2) is 10.1. The van der Waals surface area contributed by atoms with Crippen LogP contribution in [0.1, 0.15) is 17.1 Å². The predicted molar refractivity (Wildman–Crippen MR) is 119 cm³/mol. The van der Waals surface area contributed by atoms with Gasteiger partial charge in [-0.25, -0.2) is 9.59 Å². The van der Waals surface area contributed by atoms with Crippen LogP contribution in [0.15, 0.2) is 67.4 Å². The molecule has 2 aliphatic heterocycles. The number of thioether (sulfide) groups is 1. The SMILES string of the molecule is Cc1oc(=O)oc1COC(=O)C1=C(C=CC(F)(F)F)CS[C@H]2C(NC(=O)Cc3ccccc3)C(=O)N12. The van der Waals surface area contributed by atoms with Gasteiger partial charge in [-0.2, -0.15) is 13.2 Å². The Bertz CT molecular complexity index is 1300. The number of benzene rings is 1. The van der Waals surface area contributed by atoms with E-state index >= 15 is 0 Å². The summed E-state index contributed by atoms with van der Waals surface area (Å²) in [4.78, 5) is 50.5. The molecule has 0 bridgehead atoms. The van der Waals surface area contributed by atoms with Gasteiger partial charge in [0.25, 0.3) is 5.91 Å². The molecule has 36 heavy (non-hydrogen) atoms. The van der Waals surface area contributed by atoms with Gasteiger partial charge in [-0.15, -0.1) is 11.8 Å². The number of esters is 1. The molecule has 13 heteroatoms. The molecule has 1 aromatic heterocycles. The highest BCUT2D eigenvalue weighted by Crippen LogP contribution is 2.41. The van der Waals surface area contributed by atoms with E-state index in [2.05, 4.69) is 9.73 Å². The monoisotopic (exact) mass is 524 g/mol. The fourth-order valence-corrected chi connectivity index (χ4v) is 4.99. The second-order valence-electron chi connectivity index (χ2n) is 7.88. The largest absolute Gasteiger partial charge is 0.519 e. The average Bonchev–Trinajstić information content (AvgIpc) is 3.15. The number of rotatable bonds is 7. The minimum absolute atomic E-state index is 0.0293. The number of ether oxygens (including phenoxy) is 1. The van der Waals surface area contributed by atoms with Crippen molar-refractivity contribution in [2.24, 2.45) is 0 Å². The van der Waals surface area contributed by atoms with Crippen molar-refractivity contribution in [1.29, 1.82) is 0 Å². The Hall–Kier alpha value is -3.74. The van der Waals surface area contributed by atoms with E-state index in [-0.39, 0.29) is 41.0 Å². The van der Waals surface area contributed by atoms with E-state index in [1.165, 1.54) is 6.92 Å². The highest BCUT2D eigenvalue weighted by atomic mass is 32.2. The Morgan fingerprint density at radius 1 is 1.22 bits per heavy atom. The summed E-state index contributed by atoms with van der Waals surface area (Å²) in [5.41, 5.74) is 0.285. The van der Waals surface area contributed by atoms with Crippen LogP contribution in [-0.2, 0) is 32.1 Å². The predicted octanol–water partition coefficient (Wildman–Crippen LogP) is 2.60.